The quantitative estimate of drug-likeness (QED) is 0.899. The molecule has 0 aliphatic carbocycles. The Labute approximate surface area is 124 Å². The Kier molecular flexibility index (Phi) is 4.48. The molecule has 0 radical (unpaired) electrons. The summed E-state index contributed by atoms with van der Waals surface area (Å²) in [6.07, 6.45) is 0.0524. The SMILES string of the molecule is Cc1c(O)cccc1NC(=O)c1cccc(OC(C)C)c1. The number of nitrogens with one attached hydrogen (secondary N) is 1. The van der Waals surface area contributed by atoms with Crippen LogP contribution >= 0.6 is 0 Å². The fraction of sp³-hybridized carbons (Fsp3) is 0.235. The number of amides is 1. The summed E-state index contributed by atoms with van der Waals surface area (Å²) in [7, 11) is 0. The van der Waals surface area contributed by atoms with Crippen molar-refractivity contribution >= 4 is 11.6 Å². The maximum atomic E-state index is 12.3. The lowest BCUT2D eigenvalue weighted by Gasteiger charge is -2.12. The van der Waals surface area contributed by atoms with Gasteiger partial charge in [-0.1, -0.05) is 12.1 Å². The molecule has 4 heteroatoms. The van der Waals surface area contributed by atoms with Crippen LogP contribution in [0.1, 0.15) is 29.8 Å². The van der Waals surface area contributed by atoms with Crippen molar-refractivity contribution in [3.8, 4) is 11.5 Å². The molecule has 0 saturated carbocycles. The summed E-state index contributed by atoms with van der Waals surface area (Å²) >= 11 is 0. The summed E-state index contributed by atoms with van der Waals surface area (Å²) in [4.78, 5) is 12.3. The topological polar surface area (TPSA) is 58.6 Å². The van der Waals surface area contributed by atoms with Gasteiger partial charge in [0.15, 0.2) is 0 Å². The number of phenolic OH excluding ortho intramolecular Hbond substituents is 1. The van der Waals surface area contributed by atoms with Gasteiger partial charge in [-0.05, 0) is 51.1 Å². The predicted octanol–water partition coefficient (Wildman–Crippen LogP) is 3.74. The van der Waals surface area contributed by atoms with Crippen LogP contribution in [0.2, 0.25) is 0 Å². The van der Waals surface area contributed by atoms with Crippen molar-refractivity contribution in [2.45, 2.75) is 26.9 Å². The molecule has 0 aromatic heterocycles. The maximum absolute atomic E-state index is 12.3. The van der Waals surface area contributed by atoms with Crippen LogP contribution in [0.5, 0.6) is 11.5 Å². The molecule has 0 aliphatic heterocycles. The molecule has 0 spiro atoms. The van der Waals surface area contributed by atoms with E-state index >= 15 is 0 Å². The third kappa shape index (κ3) is 3.75. The minimum atomic E-state index is -0.238. The number of hydrogen-bond donors (Lipinski definition) is 2. The summed E-state index contributed by atoms with van der Waals surface area (Å²) < 4.78 is 5.58. The summed E-state index contributed by atoms with van der Waals surface area (Å²) in [5.74, 6) is 0.577. The van der Waals surface area contributed by atoms with Crippen molar-refractivity contribution in [1.82, 2.24) is 0 Å². The fourth-order valence-electron chi connectivity index (χ4n) is 1.94. The second kappa shape index (κ2) is 6.31. The van der Waals surface area contributed by atoms with Crippen molar-refractivity contribution in [1.29, 1.82) is 0 Å². The molecule has 0 fully saturated rings. The van der Waals surface area contributed by atoms with Gasteiger partial charge >= 0.3 is 0 Å². The van der Waals surface area contributed by atoms with Crippen LogP contribution in [0, 0.1) is 6.92 Å². The Balaban J connectivity index is 2.18. The van der Waals surface area contributed by atoms with E-state index in [1.807, 2.05) is 19.9 Å². The van der Waals surface area contributed by atoms with Crippen molar-refractivity contribution in [3.05, 3.63) is 53.6 Å². The number of carbonyl (C=O) groups is 1. The molecule has 1 amide bonds. The van der Waals surface area contributed by atoms with Gasteiger partial charge in [0.25, 0.3) is 5.91 Å². The number of ether oxygens (including phenoxy) is 1. The van der Waals surface area contributed by atoms with Gasteiger partial charge in [-0.3, -0.25) is 4.79 Å². The van der Waals surface area contributed by atoms with Gasteiger partial charge in [-0.2, -0.15) is 0 Å². The molecule has 2 aromatic carbocycles. The molecule has 0 bridgehead atoms. The summed E-state index contributed by atoms with van der Waals surface area (Å²) in [5.41, 5.74) is 1.74. The van der Waals surface area contributed by atoms with Gasteiger partial charge in [0, 0.05) is 16.8 Å². The van der Waals surface area contributed by atoms with Crippen LogP contribution in [0.25, 0.3) is 0 Å². The average Bonchev–Trinajstić information content (AvgIpc) is 2.43. The molecule has 0 saturated heterocycles. The highest BCUT2D eigenvalue weighted by molar-refractivity contribution is 6.05. The second-order valence-corrected chi connectivity index (χ2v) is 5.10. The van der Waals surface area contributed by atoms with Gasteiger partial charge in [0.1, 0.15) is 11.5 Å². The predicted molar refractivity (Wildman–Crippen MR) is 83.0 cm³/mol. The molecule has 2 N–H and O–H groups in total. The first-order valence-electron chi connectivity index (χ1n) is 6.84. The molecule has 0 atom stereocenters. The number of aromatic hydroxyl groups is 1. The molecule has 0 aliphatic rings. The smallest absolute Gasteiger partial charge is 0.255 e. The van der Waals surface area contributed by atoms with Crippen LogP contribution < -0.4 is 10.1 Å². The Morgan fingerprint density at radius 3 is 2.62 bits per heavy atom. The van der Waals surface area contributed by atoms with Gasteiger partial charge in [0.2, 0.25) is 0 Å². The van der Waals surface area contributed by atoms with Crippen LogP contribution in [0.3, 0.4) is 0 Å². The normalized spacial score (nSPS) is 10.5. The van der Waals surface area contributed by atoms with Gasteiger partial charge in [-0.15, -0.1) is 0 Å². The first-order valence-corrected chi connectivity index (χ1v) is 6.84. The van der Waals surface area contributed by atoms with E-state index in [0.717, 1.165) is 0 Å². The molecule has 4 nitrogen and oxygen atoms in total. The lowest BCUT2D eigenvalue weighted by molar-refractivity contribution is 0.102. The van der Waals surface area contributed by atoms with E-state index in [9.17, 15) is 9.90 Å². The van der Waals surface area contributed by atoms with Crippen molar-refractivity contribution in [3.63, 3.8) is 0 Å². The van der Waals surface area contributed by atoms with Crippen LogP contribution in [0.15, 0.2) is 42.5 Å². The van der Waals surface area contributed by atoms with Crippen molar-refractivity contribution < 1.29 is 14.6 Å². The Hall–Kier alpha value is -2.49. The monoisotopic (exact) mass is 285 g/mol. The first kappa shape index (κ1) is 14.9. The molecule has 2 aromatic rings. The van der Waals surface area contributed by atoms with E-state index in [0.29, 0.717) is 22.6 Å². The minimum Gasteiger partial charge on any atom is -0.508 e. The van der Waals surface area contributed by atoms with Crippen LogP contribution in [-0.4, -0.2) is 17.1 Å². The number of anilines is 1. The zero-order valence-electron chi connectivity index (χ0n) is 12.4. The summed E-state index contributed by atoms with van der Waals surface area (Å²) in [6, 6.07) is 12.0. The van der Waals surface area contributed by atoms with E-state index < -0.39 is 0 Å². The van der Waals surface area contributed by atoms with E-state index in [4.69, 9.17) is 4.74 Å². The summed E-state index contributed by atoms with van der Waals surface area (Å²) in [5, 5.41) is 12.4. The highest BCUT2D eigenvalue weighted by atomic mass is 16.5. The molecule has 21 heavy (non-hydrogen) atoms. The van der Waals surface area contributed by atoms with Crippen molar-refractivity contribution in [2.24, 2.45) is 0 Å². The van der Waals surface area contributed by atoms with E-state index in [1.54, 1.807) is 43.3 Å². The number of carbonyl (C=O) groups excluding carboxylic acids is 1. The number of hydrogen-bond acceptors (Lipinski definition) is 3. The second-order valence-electron chi connectivity index (χ2n) is 5.10. The fourth-order valence-corrected chi connectivity index (χ4v) is 1.94. The van der Waals surface area contributed by atoms with Gasteiger partial charge < -0.3 is 15.2 Å². The van der Waals surface area contributed by atoms with E-state index in [1.165, 1.54) is 0 Å². The Bertz CT molecular complexity index is 650. The maximum Gasteiger partial charge on any atom is 0.255 e. The number of phenols is 1. The Morgan fingerprint density at radius 2 is 1.90 bits per heavy atom. The largest absolute Gasteiger partial charge is 0.508 e. The molecular weight excluding hydrogens is 266 g/mol. The molecule has 0 heterocycles. The third-order valence-electron chi connectivity index (χ3n) is 3.02. The van der Waals surface area contributed by atoms with Crippen molar-refractivity contribution in [2.75, 3.05) is 5.32 Å². The zero-order valence-corrected chi connectivity index (χ0v) is 12.4. The highest BCUT2D eigenvalue weighted by Gasteiger charge is 2.10. The first-order chi connectivity index (χ1) is 9.97. The lowest BCUT2D eigenvalue weighted by Crippen LogP contribution is -2.13. The standard InChI is InChI=1S/C17H19NO3/c1-11(2)21-14-7-4-6-13(10-14)17(20)18-15-8-5-9-16(19)12(15)3/h4-11,19H,1-3H3,(H,18,20). The van der Waals surface area contributed by atoms with Gasteiger partial charge in [0.05, 0.1) is 6.10 Å². The van der Waals surface area contributed by atoms with Crippen LogP contribution in [0.4, 0.5) is 5.69 Å². The Morgan fingerprint density at radius 1 is 1.19 bits per heavy atom. The van der Waals surface area contributed by atoms with E-state index in [2.05, 4.69) is 5.32 Å². The molecule has 2 rings (SSSR count). The molecule has 0 unspecified atom stereocenters. The average molecular weight is 285 g/mol. The van der Waals surface area contributed by atoms with Crippen LogP contribution in [-0.2, 0) is 0 Å². The summed E-state index contributed by atoms with van der Waals surface area (Å²) in [6.45, 7) is 5.62. The molecule has 110 valence electrons. The highest BCUT2D eigenvalue weighted by Crippen LogP contribution is 2.24. The number of benzene rings is 2. The number of rotatable bonds is 4. The minimum absolute atomic E-state index is 0.0524. The third-order valence-corrected chi connectivity index (χ3v) is 3.02. The lowest BCUT2D eigenvalue weighted by atomic mass is 10.1. The van der Waals surface area contributed by atoms with E-state index in [-0.39, 0.29) is 17.8 Å². The zero-order chi connectivity index (χ0) is 15.4. The molecular formula is C17H19NO3. The van der Waals surface area contributed by atoms with Gasteiger partial charge in [-0.25, -0.2) is 0 Å².